The van der Waals surface area contributed by atoms with Crippen molar-refractivity contribution in [3.8, 4) is 0 Å². The van der Waals surface area contributed by atoms with E-state index in [1.807, 2.05) is 43.3 Å². The van der Waals surface area contributed by atoms with Crippen LogP contribution in [0.25, 0.3) is 0 Å². The lowest BCUT2D eigenvalue weighted by atomic mass is 10.0. The van der Waals surface area contributed by atoms with Gasteiger partial charge in [0.25, 0.3) is 0 Å². The molecule has 3 rings (SSSR count). The molecule has 126 valence electrons. The second-order valence-electron chi connectivity index (χ2n) is 6.41. The molecule has 2 aromatic carbocycles. The molecular weight excluding hydrogens is 300 g/mol. The molecule has 0 aromatic heterocycles. The van der Waals surface area contributed by atoms with Crippen molar-refractivity contribution in [3.05, 3.63) is 65.7 Å². The maximum atomic E-state index is 11.8. The summed E-state index contributed by atoms with van der Waals surface area (Å²) in [4.78, 5) is 16.2. The minimum Gasteiger partial charge on any atom is -0.480 e. The highest BCUT2D eigenvalue weighted by Crippen LogP contribution is 2.18. The quantitative estimate of drug-likeness (QED) is 0.918. The number of carboxylic acids is 1. The maximum Gasteiger partial charge on any atom is 0.321 e. The van der Waals surface area contributed by atoms with Gasteiger partial charge in [0.1, 0.15) is 6.04 Å². The number of benzene rings is 2. The van der Waals surface area contributed by atoms with Crippen LogP contribution in [0.1, 0.15) is 11.1 Å². The molecule has 0 unspecified atom stereocenters. The van der Waals surface area contributed by atoms with E-state index in [4.69, 9.17) is 0 Å². The Morgan fingerprint density at radius 3 is 2.38 bits per heavy atom. The fraction of sp³-hybridized carbons (Fsp3) is 0.350. The molecule has 0 spiro atoms. The summed E-state index contributed by atoms with van der Waals surface area (Å²) in [5, 5.41) is 9.68. The Kier molecular flexibility index (Phi) is 5.16. The summed E-state index contributed by atoms with van der Waals surface area (Å²) in [6.07, 6.45) is 0.558. The first kappa shape index (κ1) is 16.5. The molecule has 1 N–H and O–H groups in total. The van der Waals surface area contributed by atoms with E-state index in [-0.39, 0.29) is 0 Å². The second-order valence-corrected chi connectivity index (χ2v) is 6.41. The molecule has 0 radical (unpaired) electrons. The zero-order chi connectivity index (χ0) is 16.9. The number of para-hydroxylation sites is 1. The fourth-order valence-electron chi connectivity index (χ4n) is 3.37. The van der Waals surface area contributed by atoms with Gasteiger partial charge in [0.15, 0.2) is 0 Å². The van der Waals surface area contributed by atoms with Gasteiger partial charge in [-0.1, -0.05) is 48.0 Å². The van der Waals surface area contributed by atoms with Crippen molar-refractivity contribution in [1.29, 1.82) is 0 Å². The van der Waals surface area contributed by atoms with Gasteiger partial charge < -0.3 is 10.0 Å². The molecular formula is C20H24N2O2. The van der Waals surface area contributed by atoms with Crippen LogP contribution in [0.5, 0.6) is 0 Å². The van der Waals surface area contributed by atoms with Crippen LogP contribution in [0.4, 0.5) is 5.69 Å². The molecule has 2 aromatic rings. The van der Waals surface area contributed by atoms with Gasteiger partial charge >= 0.3 is 5.97 Å². The molecule has 1 aliphatic heterocycles. The summed E-state index contributed by atoms with van der Waals surface area (Å²) in [7, 11) is 0. The number of piperazine rings is 1. The lowest BCUT2D eigenvalue weighted by molar-refractivity contribution is -0.143. The molecule has 4 heteroatoms. The van der Waals surface area contributed by atoms with Crippen molar-refractivity contribution in [2.75, 3.05) is 31.1 Å². The number of aliphatic carboxylic acids is 1. The van der Waals surface area contributed by atoms with E-state index < -0.39 is 12.0 Å². The molecule has 0 aliphatic carbocycles. The van der Waals surface area contributed by atoms with E-state index in [1.165, 1.54) is 11.3 Å². The van der Waals surface area contributed by atoms with Gasteiger partial charge in [0.2, 0.25) is 0 Å². The minimum atomic E-state index is -0.732. The summed E-state index contributed by atoms with van der Waals surface area (Å²) in [6.45, 7) is 5.32. The minimum absolute atomic E-state index is 0.454. The second kappa shape index (κ2) is 7.49. The van der Waals surface area contributed by atoms with Crippen molar-refractivity contribution >= 4 is 11.7 Å². The standard InChI is InChI=1S/C20H24N2O2/c1-16-6-5-7-17(14-16)15-19(20(23)24)22-12-10-21(11-13-22)18-8-3-2-4-9-18/h2-9,14,19H,10-13,15H2,1H3,(H,23,24)/t19-/m1/s1. The maximum absolute atomic E-state index is 11.8. The first-order valence-corrected chi connectivity index (χ1v) is 8.46. The Morgan fingerprint density at radius 2 is 1.75 bits per heavy atom. The first-order valence-electron chi connectivity index (χ1n) is 8.46. The molecule has 1 aliphatic rings. The predicted molar refractivity (Wildman–Crippen MR) is 96.5 cm³/mol. The normalized spacial score (nSPS) is 16.8. The highest BCUT2D eigenvalue weighted by Gasteiger charge is 2.29. The predicted octanol–water partition coefficient (Wildman–Crippen LogP) is 2.81. The van der Waals surface area contributed by atoms with Gasteiger partial charge in [-0.05, 0) is 31.0 Å². The smallest absolute Gasteiger partial charge is 0.321 e. The van der Waals surface area contributed by atoms with E-state index in [0.717, 1.165) is 31.7 Å². The zero-order valence-electron chi connectivity index (χ0n) is 14.1. The van der Waals surface area contributed by atoms with Gasteiger partial charge in [-0.25, -0.2) is 0 Å². The molecule has 1 saturated heterocycles. The Hall–Kier alpha value is -2.33. The van der Waals surface area contributed by atoms with Crippen LogP contribution in [-0.2, 0) is 11.2 Å². The highest BCUT2D eigenvalue weighted by molar-refractivity contribution is 5.74. The third-order valence-corrected chi connectivity index (χ3v) is 4.67. The summed E-state index contributed by atoms with van der Waals surface area (Å²) >= 11 is 0. The van der Waals surface area contributed by atoms with Crippen LogP contribution in [0.15, 0.2) is 54.6 Å². The Bertz CT molecular complexity index is 679. The summed E-state index contributed by atoms with van der Waals surface area (Å²) < 4.78 is 0. The first-order chi connectivity index (χ1) is 11.6. The van der Waals surface area contributed by atoms with Gasteiger partial charge in [-0.15, -0.1) is 0 Å². The van der Waals surface area contributed by atoms with Crippen LogP contribution >= 0.6 is 0 Å². The van der Waals surface area contributed by atoms with Gasteiger partial charge in [-0.2, -0.15) is 0 Å². The van der Waals surface area contributed by atoms with Crippen LogP contribution in [0.3, 0.4) is 0 Å². The molecule has 1 heterocycles. The Labute approximate surface area is 143 Å². The molecule has 0 bridgehead atoms. The average molecular weight is 324 g/mol. The summed E-state index contributed by atoms with van der Waals surface area (Å²) in [5.41, 5.74) is 3.47. The van der Waals surface area contributed by atoms with Crippen molar-refractivity contribution in [3.63, 3.8) is 0 Å². The zero-order valence-corrected chi connectivity index (χ0v) is 14.1. The number of aryl methyl sites for hydroxylation is 1. The molecule has 24 heavy (non-hydrogen) atoms. The van der Waals surface area contributed by atoms with Crippen molar-refractivity contribution in [1.82, 2.24) is 4.90 Å². The topological polar surface area (TPSA) is 43.8 Å². The molecule has 1 fully saturated rings. The van der Waals surface area contributed by atoms with E-state index in [0.29, 0.717) is 6.42 Å². The van der Waals surface area contributed by atoms with E-state index >= 15 is 0 Å². The number of anilines is 1. The third kappa shape index (κ3) is 3.95. The molecule has 4 nitrogen and oxygen atoms in total. The Balaban J connectivity index is 1.65. The number of carboxylic acid groups (broad SMARTS) is 1. The summed E-state index contributed by atoms with van der Waals surface area (Å²) in [5.74, 6) is -0.732. The number of hydrogen-bond donors (Lipinski definition) is 1. The van der Waals surface area contributed by atoms with Gasteiger partial charge in [0.05, 0.1) is 0 Å². The van der Waals surface area contributed by atoms with Gasteiger partial charge in [-0.3, -0.25) is 9.69 Å². The Morgan fingerprint density at radius 1 is 1.04 bits per heavy atom. The number of carbonyl (C=O) groups is 1. The third-order valence-electron chi connectivity index (χ3n) is 4.67. The lowest BCUT2D eigenvalue weighted by Gasteiger charge is -2.38. The van der Waals surface area contributed by atoms with Crippen LogP contribution in [0.2, 0.25) is 0 Å². The largest absolute Gasteiger partial charge is 0.480 e. The number of hydrogen-bond acceptors (Lipinski definition) is 3. The highest BCUT2D eigenvalue weighted by atomic mass is 16.4. The van der Waals surface area contributed by atoms with Crippen molar-refractivity contribution in [2.45, 2.75) is 19.4 Å². The van der Waals surface area contributed by atoms with E-state index in [9.17, 15) is 9.90 Å². The fourth-order valence-corrected chi connectivity index (χ4v) is 3.37. The molecule has 0 amide bonds. The SMILES string of the molecule is Cc1cccc(C[C@H](C(=O)O)N2CCN(c3ccccc3)CC2)c1. The monoisotopic (exact) mass is 324 g/mol. The molecule has 0 saturated carbocycles. The number of nitrogens with zero attached hydrogens (tertiary/aromatic N) is 2. The summed E-state index contributed by atoms with van der Waals surface area (Å²) in [6, 6.07) is 18.0. The average Bonchev–Trinajstić information content (AvgIpc) is 2.60. The van der Waals surface area contributed by atoms with Crippen LogP contribution < -0.4 is 4.90 Å². The van der Waals surface area contributed by atoms with E-state index in [2.05, 4.69) is 28.0 Å². The van der Waals surface area contributed by atoms with Crippen LogP contribution in [-0.4, -0.2) is 48.2 Å². The number of rotatable bonds is 5. The van der Waals surface area contributed by atoms with Crippen molar-refractivity contribution < 1.29 is 9.90 Å². The van der Waals surface area contributed by atoms with E-state index in [1.54, 1.807) is 0 Å². The van der Waals surface area contributed by atoms with Crippen molar-refractivity contribution in [2.24, 2.45) is 0 Å². The van der Waals surface area contributed by atoms with Gasteiger partial charge in [0, 0.05) is 31.9 Å². The van der Waals surface area contributed by atoms with Crippen LogP contribution in [0, 0.1) is 6.92 Å². The lowest BCUT2D eigenvalue weighted by Crippen LogP contribution is -2.53. The molecule has 1 atom stereocenters.